The predicted molar refractivity (Wildman–Crippen MR) is 86.8 cm³/mol. The summed E-state index contributed by atoms with van der Waals surface area (Å²) in [4.78, 5) is 37.0. The molecule has 6 nitrogen and oxygen atoms in total. The number of esters is 2. The quantitative estimate of drug-likeness (QED) is 0.675. The van der Waals surface area contributed by atoms with Crippen LogP contribution < -0.4 is 5.32 Å². The van der Waals surface area contributed by atoms with Crippen LogP contribution in [-0.4, -0.2) is 32.1 Å². The summed E-state index contributed by atoms with van der Waals surface area (Å²) in [6.07, 6.45) is 2.71. The van der Waals surface area contributed by atoms with Crippen molar-refractivity contribution in [3.8, 4) is 0 Å². The number of hydrogen-bond acceptors (Lipinski definition) is 6. The fraction of sp³-hybridized carbons (Fsp3) is 0.438. The van der Waals surface area contributed by atoms with Gasteiger partial charge in [0.2, 0.25) is 5.91 Å². The van der Waals surface area contributed by atoms with E-state index in [1.165, 1.54) is 31.6 Å². The molecule has 0 spiro atoms. The summed E-state index contributed by atoms with van der Waals surface area (Å²) in [5.41, 5.74) is 1.73. The third kappa shape index (κ3) is 3.44. The topological polar surface area (TPSA) is 81.7 Å². The van der Waals surface area contributed by atoms with Gasteiger partial charge in [0.15, 0.2) is 0 Å². The number of methoxy groups -OCH3 is 2. The zero-order valence-electron chi connectivity index (χ0n) is 13.5. The van der Waals surface area contributed by atoms with Gasteiger partial charge in [-0.3, -0.25) is 9.59 Å². The Labute approximate surface area is 138 Å². The van der Waals surface area contributed by atoms with Crippen molar-refractivity contribution in [2.24, 2.45) is 0 Å². The van der Waals surface area contributed by atoms with E-state index in [-0.39, 0.29) is 17.4 Å². The number of amides is 1. The summed E-state index contributed by atoms with van der Waals surface area (Å²) >= 11 is 1.31. The largest absolute Gasteiger partial charge is 0.469 e. The van der Waals surface area contributed by atoms with E-state index < -0.39 is 11.9 Å². The number of rotatable bonds is 4. The molecule has 0 bridgehead atoms. The van der Waals surface area contributed by atoms with Gasteiger partial charge in [-0.25, -0.2) is 4.79 Å². The fourth-order valence-electron chi connectivity index (χ4n) is 2.65. The minimum absolute atomic E-state index is 0.260. The highest BCUT2D eigenvalue weighted by Crippen LogP contribution is 2.45. The first-order valence-corrected chi connectivity index (χ1v) is 7.98. The Morgan fingerprint density at radius 2 is 1.91 bits per heavy atom. The Bertz CT molecular complexity index is 685. The lowest BCUT2D eigenvalue weighted by atomic mass is 9.99. The maximum Gasteiger partial charge on any atom is 0.341 e. The highest BCUT2D eigenvalue weighted by atomic mass is 32.1. The van der Waals surface area contributed by atoms with Crippen LogP contribution in [0, 0.1) is 0 Å². The molecule has 0 aliphatic heterocycles. The van der Waals surface area contributed by atoms with E-state index in [1.54, 1.807) is 0 Å². The van der Waals surface area contributed by atoms with Crippen LogP contribution in [0.4, 0.5) is 5.00 Å². The van der Waals surface area contributed by atoms with E-state index in [9.17, 15) is 14.4 Å². The summed E-state index contributed by atoms with van der Waals surface area (Å²) in [5.74, 6) is -1.75. The van der Waals surface area contributed by atoms with Gasteiger partial charge in [-0.05, 0) is 32.3 Å². The number of ether oxygens (including phenoxy) is 2. The lowest BCUT2D eigenvalue weighted by Crippen LogP contribution is -2.17. The second-order valence-corrected chi connectivity index (χ2v) is 6.57. The van der Waals surface area contributed by atoms with Gasteiger partial charge < -0.3 is 14.8 Å². The SMILES string of the molecule is COC(=O)c1c(NC(=O)C=C(C)C)sc2c1C(C(=O)OC)CC2. The second kappa shape index (κ2) is 6.95. The number of carbonyl (C=O) groups excluding carboxylic acids is 3. The molecule has 0 saturated heterocycles. The standard InChI is InChI=1S/C16H19NO5S/c1-8(2)7-11(18)17-14-13(16(20)22-4)12-9(15(19)21-3)5-6-10(12)23-14/h7,9H,5-6H2,1-4H3,(H,17,18). The molecule has 1 unspecified atom stereocenters. The fourth-order valence-corrected chi connectivity index (χ4v) is 3.91. The van der Waals surface area contributed by atoms with Gasteiger partial charge in [0.05, 0.1) is 25.7 Å². The van der Waals surface area contributed by atoms with Gasteiger partial charge >= 0.3 is 11.9 Å². The van der Waals surface area contributed by atoms with E-state index in [2.05, 4.69) is 5.32 Å². The molecule has 0 saturated carbocycles. The van der Waals surface area contributed by atoms with Crippen molar-refractivity contribution in [1.29, 1.82) is 0 Å². The summed E-state index contributed by atoms with van der Waals surface area (Å²) in [6, 6.07) is 0. The van der Waals surface area contributed by atoms with Crippen LogP contribution in [0.15, 0.2) is 11.6 Å². The maximum absolute atomic E-state index is 12.2. The van der Waals surface area contributed by atoms with E-state index in [4.69, 9.17) is 9.47 Å². The van der Waals surface area contributed by atoms with Crippen molar-refractivity contribution in [3.63, 3.8) is 0 Å². The van der Waals surface area contributed by atoms with Gasteiger partial charge in [-0.2, -0.15) is 0 Å². The molecular weight excluding hydrogens is 318 g/mol. The van der Waals surface area contributed by atoms with Crippen molar-refractivity contribution in [2.75, 3.05) is 19.5 Å². The number of allylic oxidation sites excluding steroid dienone is 1. The number of fused-ring (bicyclic) bond motifs is 1. The van der Waals surface area contributed by atoms with Gasteiger partial charge in [-0.1, -0.05) is 5.57 Å². The first-order chi connectivity index (χ1) is 10.9. The Balaban J connectivity index is 2.46. The summed E-state index contributed by atoms with van der Waals surface area (Å²) < 4.78 is 9.65. The third-order valence-electron chi connectivity index (χ3n) is 3.56. The smallest absolute Gasteiger partial charge is 0.341 e. The third-order valence-corrected chi connectivity index (χ3v) is 4.74. The molecule has 124 valence electrons. The van der Waals surface area contributed by atoms with Crippen molar-refractivity contribution in [3.05, 3.63) is 27.7 Å². The highest BCUT2D eigenvalue weighted by molar-refractivity contribution is 7.17. The molecule has 1 aromatic heterocycles. The van der Waals surface area contributed by atoms with Crippen LogP contribution in [0.2, 0.25) is 0 Å². The minimum atomic E-state index is -0.564. The summed E-state index contributed by atoms with van der Waals surface area (Å²) in [6.45, 7) is 3.62. The van der Waals surface area contributed by atoms with E-state index in [1.807, 2.05) is 13.8 Å². The summed E-state index contributed by atoms with van der Waals surface area (Å²) in [5, 5.41) is 3.13. The number of aryl methyl sites for hydroxylation is 1. The molecule has 1 aliphatic rings. The maximum atomic E-state index is 12.2. The number of thiophene rings is 1. The Kier molecular flexibility index (Phi) is 5.20. The molecular formula is C16H19NO5S. The molecule has 0 radical (unpaired) electrons. The van der Waals surface area contributed by atoms with Crippen molar-refractivity contribution >= 4 is 34.2 Å². The van der Waals surface area contributed by atoms with Gasteiger partial charge in [-0.15, -0.1) is 11.3 Å². The lowest BCUT2D eigenvalue weighted by Gasteiger charge is -2.11. The molecule has 1 N–H and O–H groups in total. The first-order valence-electron chi connectivity index (χ1n) is 7.16. The van der Waals surface area contributed by atoms with Crippen LogP contribution in [-0.2, 0) is 25.5 Å². The molecule has 1 amide bonds. The van der Waals surface area contributed by atoms with Crippen molar-refractivity contribution in [2.45, 2.75) is 32.6 Å². The predicted octanol–water partition coefficient (Wildman–Crippen LogP) is 2.64. The first kappa shape index (κ1) is 17.2. The Morgan fingerprint density at radius 3 is 2.48 bits per heavy atom. The number of carbonyl (C=O) groups is 3. The molecule has 1 aliphatic carbocycles. The van der Waals surface area contributed by atoms with E-state index >= 15 is 0 Å². The second-order valence-electron chi connectivity index (χ2n) is 5.46. The Morgan fingerprint density at radius 1 is 1.22 bits per heavy atom. The Hall–Kier alpha value is -2.15. The van der Waals surface area contributed by atoms with Crippen LogP contribution in [0.25, 0.3) is 0 Å². The lowest BCUT2D eigenvalue weighted by molar-refractivity contribution is -0.142. The zero-order valence-corrected chi connectivity index (χ0v) is 14.3. The normalized spacial score (nSPS) is 15.6. The number of hydrogen-bond donors (Lipinski definition) is 1. The van der Waals surface area contributed by atoms with Crippen LogP contribution >= 0.6 is 11.3 Å². The molecule has 1 heterocycles. The van der Waals surface area contributed by atoms with Crippen LogP contribution in [0.5, 0.6) is 0 Å². The molecule has 1 aromatic rings. The average Bonchev–Trinajstić information content (AvgIpc) is 3.03. The molecule has 23 heavy (non-hydrogen) atoms. The number of nitrogens with one attached hydrogen (secondary N) is 1. The molecule has 2 rings (SSSR count). The van der Waals surface area contributed by atoms with Gasteiger partial charge in [0, 0.05) is 11.0 Å². The van der Waals surface area contributed by atoms with Gasteiger partial charge in [0.25, 0.3) is 0 Å². The van der Waals surface area contributed by atoms with E-state index in [0.717, 1.165) is 10.5 Å². The zero-order chi connectivity index (χ0) is 17.1. The minimum Gasteiger partial charge on any atom is -0.469 e. The molecule has 7 heteroatoms. The van der Waals surface area contributed by atoms with Crippen LogP contribution in [0.3, 0.4) is 0 Å². The molecule has 1 atom stereocenters. The highest BCUT2D eigenvalue weighted by Gasteiger charge is 2.38. The average molecular weight is 337 g/mol. The van der Waals surface area contributed by atoms with Crippen molar-refractivity contribution < 1.29 is 23.9 Å². The van der Waals surface area contributed by atoms with E-state index in [0.29, 0.717) is 23.4 Å². The monoisotopic (exact) mass is 337 g/mol. The molecule has 0 aromatic carbocycles. The van der Waals surface area contributed by atoms with Gasteiger partial charge in [0.1, 0.15) is 5.00 Å². The number of anilines is 1. The molecule has 0 fully saturated rings. The van der Waals surface area contributed by atoms with Crippen molar-refractivity contribution in [1.82, 2.24) is 0 Å². The summed E-state index contributed by atoms with van der Waals surface area (Å²) in [7, 11) is 2.60. The van der Waals surface area contributed by atoms with Crippen LogP contribution in [0.1, 0.15) is 47.0 Å².